The minimum atomic E-state index is 0.0479. The number of hydrogen-bond acceptors (Lipinski definition) is 6. The summed E-state index contributed by atoms with van der Waals surface area (Å²) in [5, 5.41) is 13.3. The highest BCUT2D eigenvalue weighted by Gasteiger charge is 2.23. The molecule has 2 atom stereocenters. The van der Waals surface area contributed by atoms with Gasteiger partial charge in [-0.25, -0.2) is 0 Å². The fourth-order valence-corrected chi connectivity index (χ4v) is 4.59. The molecule has 154 valence electrons. The minimum absolute atomic E-state index is 0.0479. The average molecular weight is 415 g/mol. The van der Waals surface area contributed by atoms with E-state index in [9.17, 15) is 4.79 Å². The van der Waals surface area contributed by atoms with Gasteiger partial charge in [0.25, 0.3) is 0 Å². The lowest BCUT2D eigenvalue weighted by Crippen LogP contribution is -2.41. The van der Waals surface area contributed by atoms with Gasteiger partial charge in [0.05, 0.1) is 12.9 Å². The van der Waals surface area contributed by atoms with Crippen molar-refractivity contribution < 1.29 is 13.9 Å². The Morgan fingerprint density at radius 1 is 1.34 bits per heavy atom. The van der Waals surface area contributed by atoms with E-state index in [4.69, 9.17) is 9.15 Å². The van der Waals surface area contributed by atoms with Gasteiger partial charge in [-0.05, 0) is 30.9 Å². The Labute approximate surface area is 174 Å². The largest absolute Gasteiger partial charge is 0.493 e. The minimum Gasteiger partial charge on any atom is -0.493 e. The Balaban J connectivity index is 1.44. The number of ether oxygens (including phenoxy) is 1. The molecule has 1 amide bonds. The van der Waals surface area contributed by atoms with Crippen molar-refractivity contribution in [2.75, 3.05) is 12.9 Å². The number of methoxy groups -OCH3 is 1. The number of para-hydroxylation sites is 1. The number of hydrogen-bond donors (Lipinski definition) is 1. The van der Waals surface area contributed by atoms with Gasteiger partial charge in [-0.2, -0.15) is 0 Å². The highest BCUT2D eigenvalue weighted by molar-refractivity contribution is 7.99. The monoisotopic (exact) mass is 414 g/mol. The molecule has 1 fully saturated rings. The van der Waals surface area contributed by atoms with E-state index < -0.39 is 0 Å². The van der Waals surface area contributed by atoms with Crippen LogP contribution < -0.4 is 10.1 Å². The lowest BCUT2D eigenvalue weighted by molar-refractivity contribution is -0.119. The van der Waals surface area contributed by atoms with Gasteiger partial charge in [0.2, 0.25) is 5.91 Å². The van der Waals surface area contributed by atoms with Crippen molar-refractivity contribution in [1.29, 1.82) is 0 Å². The van der Waals surface area contributed by atoms with Crippen molar-refractivity contribution in [3.05, 3.63) is 24.3 Å². The summed E-state index contributed by atoms with van der Waals surface area (Å²) < 4.78 is 13.2. The maximum atomic E-state index is 12.4. The molecule has 0 radical (unpaired) electrons. The van der Waals surface area contributed by atoms with Gasteiger partial charge in [0, 0.05) is 18.5 Å². The predicted molar refractivity (Wildman–Crippen MR) is 113 cm³/mol. The Morgan fingerprint density at radius 3 is 2.97 bits per heavy atom. The number of furan rings is 1. The predicted octanol–water partition coefficient (Wildman–Crippen LogP) is 4.02. The second-order valence-corrected chi connectivity index (χ2v) is 8.52. The average Bonchev–Trinajstić information content (AvgIpc) is 3.31. The maximum absolute atomic E-state index is 12.4. The van der Waals surface area contributed by atoms with Crippen LogP contribution in [0.3, 0.4) is 0 Å². The molecule has 1 saturated carbocycles. The number of benzene rings is 1. The number of fused-ring (bicyclic) bond motifs is 1. The molecule has 1 aliphatic carbocycles. The molecular weight excluding hydrogens is 388 g/mol. The van der Waals surface area contributed by atoms with Gasteiger partial charge in [-0.3, -0.25) is 4.79 Å². The van der Waals surface area contributed by atoms with Crippen molar-refractivity contribution >= 4 is 28.6 Å². The summed E-state index contributed by atoms with van der Waals surface area (Å²) in [6.07, 6.45) is 4.71. The quantitative estimate of drug-likeness (QED) is 0.614. The molecule has 1 N–H and O–H groups in total. The van der Waals surface area contributed by atoms with Crippen LogP contribution >= 0.6 is 11.8 Å². The van der Waals surface area contributed by atoms with Crippen LogP contribution in [0.5, 0.6) is 5.75 Å². The van der Waals surface area contributed by atoms with Crippen molar-refractivity contribution in [3.63, 3.8) is 0 Å². The first-order chi connectivity index (χ1) is 14.1. The maximum Gasteiger partial charge on any atom is 0.230 e. The molecule has 0 aliphatic heterocycles. The topological polar surface area (TPSA) is 82.2 Å². The second kappa shape index (κ2) is 8.49. The van der Waals surface area contributed by atoms with E-state index in [1.165, 1.54) is 31.0 Å². The van der Waals surface area contributed by atoms with Crippen molar-refractivity contribution in [1.82, 2.24) is 20.1 Å². The van der Waals surface area contributed by atoms with Crippen LogP contribution in [-0.2, 0) is 11.8 Å². The highest BCUT2D eigenvalue weighted by Crippen LogP contribution is 2.33. The molecule has 7 nitrogen and oxygen atoms in total. The van der Waals surface area contributed by atoms with Crippen LogP contribution in [0.4, 0.5) is 0 Å². The van der Waals surface area contributed by atoms with Crippen molar-refractivity contribution in [3.8, 4) is 17.3 Å². The van der Waals surface area contributed by atoms with E-state index in [-0.39, 0.29) is 11.9 Å². The second-order valence-electron chi connectivity index (χ2n) is 7.58. The Kier molecular flexibility index (Phi) is 5.80. The van der Waals surface area contributed by atoms with Crippen LogP contribution in [0.25, 0.3) is 22.6 Å². The molecule has 0 saturated heterocycles. The molecule has 4 rings (SSSR count). The van der Waals surface area contributed by atoms with E-state index in [0.29, 0.717) is 39.7 Å². The summed E-state index contributed by atoms with van der Waals surface area (Å²) in [6.45, 7) is 2.22. The van der Waals surface area contributed by atoms with Crippen LogP contribution in [-0.4, -0.2) is 39.6 Å². The van der Waals surface area contributed by atoms with Crippen molar-refractivity contribution in [2.24, 2.45) is 13.0 Å². The molecule has 2 heterocycles. The smallest absolute Gasteiger partial charge is 0.230 e. The molecule has 0 spiro atoms. The fourth-order valence-electron chi connectivity index (χ4n) is 3.87. The number of nitrogens with one attached hydrogen (secondary N) is 1. The summed E-state index contributed by atoms with van der Waals surface area (Å²) in [6, 6.07) is 7.96. The zero-order valence-corrected chi connectivity index (χ0v) is 17.8. The first-order valence-corrected chi connectivity index (χ1v) is 10.9. The van der Waals surface area contributed by atoms with Gasteiger partial charge in [0.15, 0.2) is 28.1 Å². The number of amides is 1. The summed E-state index contributed by atoms with van der Waals surface area (Å²) in [4.78, 5) is 12.4. The molecule has 8 heteroatoms. The number of carbonyl (C=O) groups is 1. The normalized spacial score (nSPS) is 19.4. The zero-order chi connectivity index (χ0) is 20.4. The number of nitrogens with zero attached hydrogens (tertiary/aromatic N) is 3. The summed E-state index contributed by atoms with van der Waals surface area (Å²) in [5.41, 5.74) is 0.684. The van der Waals surface area contributed by atoms with E-state index in [1.54, 1.807) is 7.11 Å². The van der Waals surface area contributed by atoms with Crippen LogP contribution in [0.1, 0.15) is 32.6 Å². The Morgan fingerprint density at radius 2 is 2.17 bits per heavy atom. The standard InChI is InChI=1S/C21H26N4O3S/c1-13-7-4-5-9-15(13)22-18(26)12-29-21-24-23-20(25(21)2)17-11-14-8-6-10-16(27-3)19(14)28-17/h6,8,10-11,13,15H,4-5,7,9,12H2,1-3H3,(H,22,26). The molecule has 0 bridgehead atoms. The third-order valence-electron chi connectivity index (χ3n) is 5.57. The molecule has 2 aromatic heterocycles. The number of rotatable bonds is 6. The molecular formula is C21H26N4O3S. The highest BCUT2D eigenvalue weighted by atomic mass is 32.2. The van der Waals surface area contributed by atoms with Crippen LogP contribution in [0.2, 0.25) is 0 Å². The van der Waals surface area contributed by atoms with Gasteiger partial charge < -0.3 is 19.0 Å². The lowest BCUT2D eigenvalue weighted by atomic mass is 9.86. The van der Waals surface area contributed by atoms with Crippen molar-refractivity contribution in [2.45, 2.75) is 43.8 Å². The van der Waals surface area contributed by atoms with Gasteiger partial charge in [0.1, 0.15) is 0 Å². The SMILES string of the molecule is COc1cccc2cc(-c3nnc(SCC(=O)NC4CCCCC4C)n3C)oc12. The number of carbonyl (C=O) groups excluding carboxylic acids is 1. The van der Waals surface area contributed by atoms with E-state index in [1.807, 2.05) is 35.9 Å². The van der Waals surface area contributed by atoms with Crippen LogP contribution in [0, 0.1) is 5.92 Å². The number of thioether (sulfide) groups is 1. The van der Waals surface area contributed by atoms with Gasteiger partial charge in [-0.1, -0.05) is 43.7 Å². The van der Waals surface area contributed by atoms with Gasteiger partial charge in [-0.15, -0.1) is 10.2 Å². The zero-order valence-electron chi connectivity index (χ0n) is 17.0. The summed E-state index contributed by atoms with van der Waals surface area (Å²) >= 11 is 1.39. The number of aromatic nitrogens is 3. The van der Waals surface area contributed by atoms with E-state index in [2.05, 4.69) is 22.4 Å². The molecule has 1 aromatic carbocycles. The Bertz CT molecular complexity index is 1010. The molecule has 2 unspecified atom stereocenters. The van der Waals surface area contributed by atoms with E-state index >= 15 is 0 Å². The first kappa shape index (κ1) is 19.8. The third kappa shape index (κ3) is 4.12. The summed E-state index contributed by atoms with van der Waals surface area (Å²) in [7, 11) is 3.50. The molecule has 1 aliphatic rings. The molecule has 29 heavy (non-hydrogen) atoms. The Hall–Kier alpha value is -2.48. The fraction of sp³-hybridized carbons (Fsp3) is 0.476. The van der Waals surface area contributed by atoms with Crippen LogP contribution in [0.15, 0.2) is 33.8 Å². The summed E-state index contributed by atoms with van der Waals surface area (Å²) in [5.74, 6) is 2.83. The third-order valence-corrected chi connectivity index (χ3v) is 6.59. The lowest BCUT2D eigenvalue weighted by Gasteiger charge is -2.29. The van der Waals surface area contributed by atoms with Gasteiger partial charge >= 0.3 is 0 Å². The first-order valence-electron chi connectivity index (χ1n) is 9.95. The van der Waals surface area contributed by atoms with E-state index in [0.717, 1.165) is 11.8 Å². The molecule has 3 aromatic rings.